The van der Waals surface area contributed by atoms with E-state index in [1.54, 1.807) is 5.57 Å². The topological polar surface area (TPSA) is 3.24 Å². The van der Waals surface area contributed by atoms with E-state index in [2.05, 4.69) is 190 Å². The van der Waals surface area contributed by atoms with E-state index >= 15 is 0 Å². The zero-order chi connectivity index (χ0) is 37.1. The van der Waals surface area contributed by atoms with Crippen LogP contribution in [-0.4, -0.2) is 6.04 Å². The first-order valence-electron chi connectivity index (χ1n) is 18.9. The van der Waals surface area contributed by atoms with Gasteiger partial charge >= 0.3 is 0 Å². The van der Waals surface area contributed by atoms with Crippen molar-refractivity contribution in [2.24, 2.45) is 5.92 Å². The second-order valence-electron chi connectivity index (χ2n) is 16.0. The highest BCUT2D eigenvalue weighted by molar-refractivity contribution is 5.95. The normalized spacial score (nSPS) is 18.6. The van der Waals surface area contributed by atoms with Crippen LogP contribution in [0.25, 0.3) is 39.0 Å². The Bertz CT molecular complexity index is 2310. The molecular formula is C51H53N. The van der Waals surface area contributed by atoms with Crippen LogP contribution in [0.4, 0.5) is 5.69 Å². The number of anilines is 1. The van der Waals surface area contributed by atoms with E-state index in [1.165, 1.54) is 72.4 Å². The maximum Gasteiger partial charge on any atom is 0.0698 e. The molecule has 0 aromatic heterocycles. The number of fused-ring (bicyclic) bond motifs is 3. The molecule has 3 aliphatic rings. The fraction of sp³-hybridized carbons (Fsp3) is 0.255. The van der Waals surface area contributed by atoms with Crippen molar-refractivity contribution in [3.8, 4) is 22.3 Å². The van der Waals surface area contributed by atoms with Crippen molar-refractivity contribution in [3.63, 3.8) is 0 Å². The van der Waals surface area contributed by atoms with E-state index < -0.39 is 0 Å². The molecule has 0 N–H and O–H groups in total. The zero-order valence-electron chi connectivity index (χ0n) is 32.6. The number of nitrogens with zero attached hydrogens (tertiary/aromatic N) is 1. The van der Waals surface area contributed by atoms with Gasteiger partial charge in [-0.05, 0) is 149 Å². The average Bonchev–Trinajstić information content (AvgIpc) is 3.53. The fourth-order valence-electron chi connectivity index (χ4n) is 8.64. The molecule has 0 radical (unpaired) electrons. The van der Waals surface area contributed by atoms with Crippen LogP contribution in [0, 0.1) is 26.7 Å². The number of hydrogen-bond donors (Lipinski definition) is 0. The van der Waals surface area contributed by atoms with E-state index in [4.69, 9.17) is 0 Å². The molecule has 1 heterocycles. The van der Waals surface area contributed by atoms with Gasteiger partial charge in [-0.1, -0.05) is 125 Å². The first-order chi connectivity index (χ1) is 24.8. The van der Waals surface area contributed by atoms with Crippen LogP contribution >= 0.6 is 0 Å². The molecule has 1 atom stereocenters. The Balaban J connectivity index is 1.36. The molecule has 2 aliphatic carbocycles. The summed E-state index contributed by atoms with van der Waals surface area (Å²) in [5.74, 6) is 0.429. The summed E-state index contributed by atoms with van der Waals surface area (Å²) in [7, 11) is 0. The molecule has 0 amide bonds. The molecule has 0 saturated heterocycles. The van der Waals surface area contributed by atoms with Gasteiger partial charge in [-0.3, -0.25) is 0 Å². The Hall–Kier alpha value is -5.14. The number of aryl methyl sites for hydroxylation is 2. The summed E-state index contributed by atoms with van der Waals surface area (Å²) >= 11 is 0. The molecule has 52 heavy (non-hydrogen) atoms. The summed E-state index contributed by atoms with van der Waals surface area (Å²) in [6.45, 7) is 29.5. The first kappa shape index (κ1) is 35.3. The maximum absolute atomic E-state index is 4.67. The molecule has 7 rings (SSSR count). The Morgan fingerprint density at radius 3 is 2.21 bits per heavy atom. The third-order valence-electron chi connectivity index (χ3n) is 11.8. The smallest absolute Gasteiger partial charge is 0.0698 e. The van der Waals surface area contributed by atoms with Crippen molar-refractivity contribution >= 4 is 22.4 Å². The van der Waals surface area contributed by atoms with Crippen molar-refractivity contribution in [2.75, 3.05) is 4.90 Å². The monoisotopic (exact) mass is 679 g/mol. The van der Waals surface area contributed by atoms with Gasteiger partial charge in [-0.2, -0.15) is 0 Å². The molecule has 4 aromatic rings. The van der Waals surface area contributed by atoms with Gasteiger partial charge in [0.1, 0.15) is 0 Å². The van der Waals surface area contributed by atoms with Gasteiger partial charge < -0.3 is 4.90 Å². The van der Waals surface area contributed by atoms with Gasteiger partial charge in [0.25, 0.3) is 0 Å². The summed E-state index contributed by atoms with van der Waals surface area (Å²) in [6, 6.07) is 27.2. The van der Waals surface area contributed by atoms with E-state index in [0.29, 0.717) is 5.92 Å². The molecule has 0 saturated carbocycles. The van der Waals surface area contributed by atoms with E-state index in [9.17, 15) is 0 Å². The van der Waals surface area contributed by atoms with Crippen LogP contribution in [0.5, 0.6) is 0 Å². The highest BCUT2D eigenvalue weighted by Crippen LogP contribution is 2.55. The molecule has 0 bridgehead atoms. The quantitative estimate of drug-likeness (QED) is 0.176. The lowest BCUT2D eigenvalue weighted by atomic mass is 9.78. The van der Waals surface area contributed by atoms with Gasteiger partial charge in [0.2, 0.25) is 0 Å². The van der Waals surface area contributed by atoms with Crippen molar-refractivity contribution in [1.82, 2.24) is 0 Å². The van der Waals surface area contributed by atoms with Gasteiger partial charge in [0, 0.05) is 22.9 Å². The summed E-state index contributed by atoms with van der Waals surface area (Å²) in [5.41, 5.74) is 23.4. The van der Waals surface area contributed by atoms with Crippen LogP contribution in [0.1, 0.15) is 86.9 Å². The lowest BCUT2D eigenvalue weighted by molar-refractivity contribution is 0.623. The molecule has 1 heteroatoms. The van der Waals surface area contributed by atoms with E-state index in [0.717, 1.165) is 28.8 Å². The zero-order valence-corrected chi connectivity index (χ0v) is 32.6. The Labute approximate surface area is 312 Å². The minimum Gasteiger partial charge on any atom is -0.336 e. The van der Waals surface area contributed by atoms with Crippen molar-refractivity contribution in [3.05, 3.63) is 178 Å². The maximum atomic E-state index is 4.67. The molecular weight excluding hydrogens is 627 g/mol. The predicted octanol–water partition coefficient (Wildman–Crippen LogP) is 13.9. The summed E-state index contributed by atoms with van der Waals surface area (Å²) in [5, 5.41) is 0. The summed E-state index contributed by atoms with van der Waals surface area (Å²) in [4.78, 5) is 2.39. The van der Waals surface area contributed by atoms with Crippen LogP contribution < -0.4 is 4.90 Å². The van der Waals surface area contributed by atoms with Gasteiger partial charge in [-0.15, -0.1) is 6.58 Å². The van der Waals surface area contributed by atoms with Gasteiger partial charge in [-0.25, -0.2) is 0 Å². The highest BCUT2D eigenvalue weighted by atomic mass is 15.1. The number of allylic oxidation sites excluding steroid dienone is 9. The number of benzene rings is 4. The van der Waals surface area contributed by atoms with Crippen LogP contribution in [0.2, 0.25) is 0 Å². The van der Waals surface area contributed by atoms with Gasteiger partial charge in [0.15, 0.2) is 0 Å². The third-order valence-corrected chi connectivity index (χ3v) is 11.8. The van der Waals surface area contributed by atoms with E-state index in [1.807, 2.05) is 0 Å². The van der Waals surface area contributed by atoms with Crippen molar-refractivity contribution in [1.29, 1.82) is 0 Å². The average molecular weight is 680 g/mol. The SMILES string of the molecule is C=CC(/C=C\C(C)C)N1/C=C(c2ccc3c(c2)C(C)(C)C2=C3C(C)=C(C)C2)\C=C/C(=C)c2cc(-c3ccc(C)c(-c4ccccc4C)c3C)ccc21. The first-order valence-corrected chi connectivity index (χ1v) is 18.9. The second kappa shape index (κ2) is 13.4. The molecule has 1 aliphatic heterocycles. The molecule has 0 spiro atoms. The van der Waals surface area contributed by atoms with E-state index in [-0.39, 0.29) is 11.5 Å². The standard InChI is InChI=1S/C51H53N/c1-12-41(23-17-31(2)3)52-30-40(38-21-25-44-46(29-38)51(10,11)47-27-35(7)36(8)50(44)47)20-18-33(5)45-28-39(22-26-48(45)52)43-24-19-34(6)49(37(43)9)42-16-14-13-15-32(42)4/h12-26,28-31,41H,1,5,27H2,2-4,6-11H3/b20-18-,23-17-,40-30+. The van der Waals surface area contributed by atoms with Crippen LogP contribution in [0.15, 0.2) is 139 Å². The molecule has 0 fully saturated rings. The third kappa shape index (κ3) is 5.91. The number of hydrogen-bond acceptors (Lipinski definition) is 1. The summed E-state index contributed by atoms with van der Waals surface area (Å²) < 4.78 is 0. The fourth-order valence-corrected chi connectivity index (χ4v) is 8.64. The Kier molecular flexibility index (Phi) is 9.12. The largest absolute Gasteiger partial charge is 0.336 e. The predicted molar refractivity (Wildman–Crippen MR) is 227 cm³/mol. The lowest BCUT2D eigenvalue weighted by Gasteiger charge is -2.32. The molecule has 1 unspecified atom stereocenters. The minimum absolute atomic E-state index is 0.00525. The molecule has 4 aromatic carbocycles. The Morgan fingerprint density at radius 2 is 1.48 bits per heavy atom. The second-order valence-corrected chi connectivity index (χ2v) is 16.0. The molecule has 1 nitrogen and oxygen atoms in total. The number of rotatable bonds is 7. The summed E-state index contributed by atoms with van der Waals surface area (Å²) in [6.07, 6.45) is 14.5. The van der Waals surface area contributed by atoms with Gasteiger partial charge in [0.05, 0.1) is 6.04 Å². The minimum atomic E-state index is -0.0397. The van der Waals surface area contributed by atoms with Crippen molar-refractivity contribution in [2.45, 2.75) is 80.2 Å². The van der Waals surface area contributed by atoms with Crippen LogP contribution in [0.3, 0.4) is 0 Å². The highest BCUT2D eigenvalue weighted by Gasteiger charge is 2.41. The molecule has 262 valence electrons. The lowest BCUT2D eigenvalue weighted by Crippen LogP contribution is -2.28. The Morgan fingerprint density at radius 1 is 0.750 bits per heavy atom. The van der Waals surface area contributed by atoms with Crippen LogP contribution in [-0.2, 0) is 5.41 Å². The van der Waals surface area contributed by atoms with Crippen molar-refractivity contribution < 1.29 is 0 Å².